The highest BCUT2D eigenvalue weighted by Crippen LogP contribution is 2.26. The molecule has 1 aliphatic rings. The van der Waals surface area contributed by atoms with Gasteiger partial charge in [0.2, 0.25) is 0 Å². The van der Waals surface area contributed by atoms with Crippen molar-refractivity contribution < 1.29 is 14.6 Å². The van der Waals surface area contributed by atoms with E-state index in [1.54, 1.807) is 4.90 Å². The second kappa shape index (κ2) is 4.75. The van der Waals surface area contributed by atoms with Gasteiger partial charge in [0, 0.05) is 19.6 Å². The molecule has 1 unspecified atom stereocenters. The highest BCUT2D eigenvalue weighted by atomic mass is 16.6. The SMILES string of the molecule is CC1(CCO)CN(Cc2ccccc2)C(=O)O1. The van der Waals surface area contributed by atoms with E-state index in [0.29, 0.717) is 19.5 Å². The van der Waals surface area contributed by atoms with Crippen molar-refractivity contribution in [1.29, 1.82) is 0 Å². The third-order valence-electron chi connectivity index (χ3n) is 2.97. The summed E-state index contributed by atoms with van der Waals surface area (Å²) in [6.45, 7) is 2.97. The normalized spacial score (nSPS) is 23.9. The first-order valence-electron chi connectivity index (χ1n) is 5.76. The molecule has 1 atom stereocenters. The molecule has 0 aromatic heterocycles. The molecule has 4 nitrogen and oxygen atoms in total. The Labute approximate surface area is 101 Å². The Bertz CT molecular complexity index is 393. The topological polar surface area (TPSA) is 49.8 Å². The molecule has 0 aliphatic carbocycles. The number of hydrogen-bond donors (Lipinski definition) is 1. The molecule has 92 valence electrons. The van der Waals surface area contributed by atoms with Crippen LogP contribution in [0.15, 0.2) is 30.3 Å². The van der Waals surface area contributed by atoms with Crippen molar-refractivity contribution in [3.05, 3.63) is 35.9 Å². The monoisotopic (exact) mass is 235 g/mol. The van der Waals surface area contributed by atoms with Crippen molar-refractivity contribution in [2.24, 2.45) is 0 Å². The van der Waals surface area contributed by atoms with E-state index in [2.05, 4.69) is 0 Å². The minimum absolute atomic E-state index is 0.0307. The first kappa shape index (κ1) is 11.9. The summed E-state index contributed by atoms with van der Waals surface area (Å²) < 4.78 is 5.30. The van der Waals surface area contributed by atoms with Gasteiger partial charge in [-0.3, -0.25) is 4.90 Å². The molecule has 0 radical (unpaired) electrons. The molecular weight excluding hydrogens is 218 g/mol. The summed E-state index contributed by atoms with van der Waals surface area (Å²) >= 11 is 0. The van der Waals surface area contributed by atoms with Crippen LogP contribution in [-0.2, 0) is 11.3 Å². The number of hydrogen-bond acceptors (Lipinski definition) is 3. The summed E-state index contributed by atoms with van der Waals surface area (Å²) in [7, 11) is 0. The molecule has 0 saturated carbocycles. The van der Waals surface area contributed by atoms with Gasteiger partial charge in [0.1, 0.15) is 5.60 Å². The average Bonchev–Trinajstić information content (AvgIpc) is 2.56. The maximum atomic E-state index is 11.7. The van der Waals surface area contributed by atoms with Gasteiger partial charge in [-0.15, -0.1) is 0 Å². The summed E-state index contributed by atoms with van der Waals surface area (Å²) in [5.74, 6) is 0. The summed E-state index contributed by atoms with van der Waals surface area (Å²) in [4.78, 5) is 13.4. The van der Waals surface area contributed by atoms with Gasteiger partial charge in [-0.2, -0.15) is 0 Å². The van der Waals surface area contributed by atoms with E-state index in [4.69, 9.17) is 9.84 Å². The summed E-state index contributed by atoms with van der Waals surface area (Å²) in [6, 6.07) is 9.80. The van der Waals surface area contributed by atoms with Crippen molar-refractivity contribution in [1.82, 2.24) is 4.90 Å². The minimum Gasteiger partial charge on any atom is -0.441 e. The zero-order valence-corrected chi connectivity index (χ0v) is 9.93. The van der Waals surface area contributed by atoms with Crippen LogP contribution in [0, 0.1) is 0 Å². The van der Waals surface area contributed by atoms with Crippen LogP contribution in [0.3, 0.4) is 0 Å². The van der Waals surface area contributed by atoms with Crippen molar-refractivity contribution >= 4 is 6.09 Å². The van der Waals surface area contributed by atoms with E-state index in [9.17, 15) is 4.79 Å². The standard InChI is InChI=1S/C13H17NO3/c1-13(7-8-15)10-14(12(16)17-13)9-11-5-3-2-4-6-11/h2-6,15H,7-10H2,1H3. The Balaban J connectivity index is 2.02. The fraction of sp³-hybridized carbons (Fsp3) is 0.462. The molecule has 1 heterocycles. The molecule has 1 fully saturated rings. The molecule has 4 heteroatoms. The molecule has 1 aromatic rings. The Morgan fingerprint density at radius 3 is 2.76 bits per heavy atom. The van der Waals surface area contributed by atoms with Gasteiger partial charge in [-0.1, -0.05) is 30.3 Å². The van der Waals surface area contributed by atoms with Gasteiger partial charge in [0.05, 0.1) is 6.54 Å². The lowest BCUT2D eigenvalue weighted by atomic mass is 10.0. The van der Waals surface area contributed by atoms with E-state index in [1.807, 2.05) is 37.3 Å². The smallest absolute Gasteiger partial charge is 0.410 e. The van der Waals surface area contributed by atoms with Gasteiger partial charge >= 0.3 is 6.09 Å². The molecule has 0 bridgehead atoms. The minimum atomic E-state index is -0.555. The van der Waals surface area contributed by atoms with Crippen LogP contribution in [0.4, 0.5) is 4.79 Å². The highest BCUT2D eigenvalue weighted by molar-refractivity contribution is 5.70. The van der Waals surface area contributed by atoms with Crippen molar-refractivity contribution in [3.8, 4) is 0 Å². The second-order valence-electron chi connectivity index (χ2n) is 4.63. The fourth-order valence-corrected chi connectivity index (χ4v) is 2.07. The third-order valence-corrected chi connectivity index (χ3v) is 2.97. The number of benzene rings is 1. The van der Waals surface area contributed by atoms with Gasteiger partial charge < -0.3 is 9.84 Å². The summed E-state index contributed by atoms with van der Waals surface area (Å²) in [5.41, 5.74) is 0.526. The number of cyclic esters (lactones) is 1. The molecule has 1 N–H and O–H groups in total. The number of carbonyl (C=O) groups is 1. The Morgan fingerprint density at radius 2 is 2.12 bits per heavy atom. The average molecular weight is 235 g/mol. The van der Waals surface area contributed by atoms with Crippen LogP contribution >= 0.6 is 0 Å². The van der Waals surface area contributed by atoms with E-state index in [-0.39, 0.29) is 12.7 Å². The van der Waals surface area contributed by atoms with Gasteiger partial charge in [-0.25, -0.2) is 4.79 Å². The first-order chi connectivity index (χ1) is 8.13. The van der Waals surface area contributed by atoms with Crippen molar-refractivity contribution in [2.45, 2.75) is 25.5 Å². The van der Waals surface area contributed by atoms with E-state index in [0.717, 1.165) is 5.56 Å². The largest absolute Gasteiger partial charge is 0.441 e. The zero-order valence-electron chi connectivity index (χ0n) is 9.93. The Morgan fingerprint density at radius 1 is 1.41 bits per heavy atom. The van der Waals surface area contributed by atoms with Crippen LogP contribution in [0.25, 0.3) is 0 Å². The molecule has 1 aromatic carbocycles. The molecule has 1 amide bonds. The highest BCUT2D eigenvalue weighted by Gasteiger charge is 2.40. The number of aliphatic hydroxyl groups is 1. The van der Waals surface area contributed by atoms with Crippen LogP contribution in [-0.4, -0.2) is 34.9 Å². The van der Waals surface area contributed by atoms with Crippen LogP contribution in [0.1, 0.15) is 18.9 Å². The molecule has 1 saturated heterocycles. The number of carbonyl (C=O) groups excluding carboxylic acids is 1. The first-order valence-corrected chi connectivity index (χ1v) is 5.76. The summed E-state index contributed by atoms with van der Waals surface area (Å²) in [6.07, 6.45) is 0.175. The molecular formula is C13H17NO3. The second-order valence-corrected chi connectivity index (χ2v) is 4.63. The predicted molar refractivity (Wildman–Crippen MR) is 63.4 cm³/mol. The quantitative estimate of drug-likeness (QED) is 0.865. The number of rotatable bonds is 4. The lowest BCUT2D eigenvalue weighted by Crippen LogP contribution is -2.32. The number of ether oxygens (including phenoxy) is 1. The lowest BCUT2D eigenvalue weighted by molar-refractivity contribution is 0.0502. The van der Waals surface area contributed by atoms with E-state index < -0.39 is 5.60 Å². The zero-order chi connectivity index (χ0) is 12.3. The fourth-order valence-electron chi connectivity index (χ4n) is 2.07. The lowest BCUT2D eigenvalue weighted by Gasteiger charge is -2.20. The van der Waals surface area contributed by atoms with Gasteiger partial charge in [-0.05, 0) is 12.5 Å². The molecule has 1 aliphatic heterocycles. The van der Waals surface area contributed by atoms with Gasteiger partial charge in [0.15, 0.2) is 0 Å². The number of aliphatic hydroxyl groups excluding tert-OH is 1. The van der Waals surface area contributed by atoms with Crippen LogP contribution < -0.4 is 0 Å². The van der Waals surface area contributed by atoms with Crippen LogP contribution in [0.2, 0.25) is 0 Å². The third kappa shape index (κ3) is 2.77. The van der Waals surface area contributed by atoms with E-state index >= 15 is 0 Å². The predicted octanol–water partition coefficient (Wildman–Crippen LogP) is 1.78. The maximum Gasteiger partial charge on any atom is 0.410 e. The molecule has 0 spiro atoms. The van der Waals surface area contributed by atoms with Crippen molar-refractivity contribution in [2.75, 3.05) is 13.2 Å². The molecule has 2 rings (SSSR count). The number of amides is 1. The van der Waals surface area contributed by atoms with Gasteiger partial charge in [0.25, 0.3) is 0 Å². The number of nitrogens with zero attached hydrogens (tertiary/aromatic N) is 1. The Hall–Kier alpha value is -1.55. The van der Waals surface area contributed by atoms with Crippen LogP contribution in [0.5, 0.6) is 0 Å². The Kier molecular flexibility index (Phi) is 3.33. The maximum absolute atomic E-state index is 11.7. The molecule has 17 heavy (non-hydrogen) atoms. The van der Waals surface area contributed by atoms with Crippen molar-refractivity contribution in [3.63, 3.8) is 0 Å². The summed E-state index contributed by atoms with van der Waals surface area (Å²) in [5, 5.41) is 8.94. The van der Waals surface area contributed by atoms with E-state index in [1.165, 1.54) is 0 Å².